The molecule has 2 rings (SSSR count). The van der Waals surface area contributed by atoms with Gasteiger partial charge in [0.25, 0.3) is 0 Å². The molecule has 22 heavy (non-hydrogen) atoms. The predicted octanol–water partition coefficient (Wildman–Crippen LogP) is 4.19. The summed E-state index contributed by atoms with van der Waals surface area (Å²) in [6.07, 6.45) is 2.73. The van der Waals surface area contributed by atoms with Crippen LogP contribution in [0.15, 0.2) is 54.6 Å². The second-order valence-electron chi connectivity index (χ2n) is 4.32. The number of benzene rings is 2. The third-order valence-electron chi connectivity index (χ3n) is 2.91. The number of halogens is 2. The molecule has 0 saturated carbocycles. The van der Waals surface area contributed by atoms with E-state index in [9.17, 15) is 13.6 Å². The van der Waals surface area contributed by atoms with Gasteiger partial charge in [0.05, 0.1) is 7.11 Å². The highest BCUT2D eigenvalue weighted by Crippen LogP contribution is 2.33. The Balaban J connectivity index is 2.29. The molecule has 0 fully saturated rings. The number of allylic oxidation sites excluding steroid dienone is 1. The molecule has 5 heteroatoms. The van der Waals surface area contributed by atoms with Gasteiger partial charge in [-0.25, -0.2) is 0 Å². The van der Waals surface area contributed by atoms with Crippen LogP contribution >= 0.6 is 0 Å². The highest BCUT2D eigenvalue weighted by atomic mass is 19.3. The molecular formula is C17H14F2O3. The Kier molecular flexibility index (Phi) is 5.25. The van der Waals surface area contributed by atoms with Crippen molar-refractivity contribution in [2.45, 2.75) is 6.61 Å². The normalized spacial score (nSPS) is 10.9. The summed E-state index contributed by atoms with van der Waals surface area (Å²) in [6.45, 7) is -2.98. The van der Waals surface area contributed by atoms with Gasteiger partial charge in [-0.05, 0) is 18.2 Å². The molecule has 0 spiro atoms. The summed E-state index contributed by atoms with van der Waals surface area (Å²) in [5, 5.41) is 0. The molecule has 0 atom stereocenters. The van der Waals surface area contributed by atoms with Crippen LogP contribution in [0.4, 0.5) is 8.78 Å². The van der Waals surface area contributed by atoms with Crippen molar-refractivity contribution in [3.8, 4) is 11.5 Å². The topological polar surface area (TPSA) is 35.5 Å². The van der Waals surface area contributed by atoms with E-state index in [-0.39, 0.29) is 17.3 Å². The van der Waals surface area contributed by atoms with Gasteiger partial charge in [0, 0.05) is 11.1 Å². The molecule has 0 heterocycles. The van der Waals surface area contributed by atoms with Crippen molar-refractivity contribution in [1.29, 1.82) is 0 Å². The molecule has 2 aromatic carbocycles. The fourth-order valence-electron chi connectivity index (χ4n) is 1.90. The van der Waals surface area contributed by atoms with Crippen molar-refractivity contribution >= 4 is 11.9 Å². The third kappa shape index (κ3) is 3.91. The Morgan fingerprint density at radius 2 is 1.82 bits per heavy atom. The van der Waals surface area contributed by atoms with Crippen molar-refractivity contribution in [2.24, 2.45) is 0 Å². The highest BCUT2D eigenvalue weighted by molar-refractivity contribution is 6.06. The van der Waals surface area contributed by atoms with Crippen molar-refractivity contribution in [3.63, 3.8) is 0 Å². The summed E-state index contributed by atoms with van der Waals surface area (Å²) in [5.41, 5.74) is 0.849. The van der Waals surface area contributed by atoms with Gasteiger partial charge < -0.3 is 9.47 Å². The second kappa shape index (κ2) is 7.36. The van der Waals surface area contributed by atoms with Crippen LogP contribution in [0.1, 0.15) is 15.9 Å². The number of hydrogen-bond acceptors (Lipinski definition) is 3. The van der Waals surface area contributed by atoms with Crippen molar-refractivity contribution < 1.29 is 23.0 Å². The number of carbonyl (C=O) groups is 1. The number of para-hydroxylation sites is 1. The van der Waals surface area contributed by atoms with Crippen LogP contribution in [-0.2, 0) is 0 Å². The van der Waals surface area contributed by atoms with Gasteiger partial charge >= 0.3 is 6.61 Å². The maximum Gasteiger partial charge on any atom is 0.387 e. The molecule has 0 unspecified atom stereocenters. The Morgan fingerprint density at radius 1 is 1.09 bits per heavy atom. The number of carbonyl (C=O) groups excluding carboxylic acids is 1. The van der Waals surface area contributed by atoms with Crippen molar-refractivity contribution in [2.75, 3.05) is 7.11 Å². The summed E-state index contributed by atoms with van der Waals surface area (Å²) in [7, 11) is 1.36. The Morgan fingerprint density at radius 3 is 2.45 bits per heavy atom. The lowest BCUT2D eigenvalue weighted by Gasteiger charge is -2.12. The molecule has 3 nitrogen and oxygen atoms in total. The average Bonchev–Trinajstić information content (AvgIpc) is 2.53. The fourth-order valence-corrected chi connectivity index (χ4v) is 1.90. The lowest BCUT2D eigenvalue weighted by Crippen LogP contribution is -2.05. The van der Waals surface area contributed by atoms with Crippen LogP contribution in [0, 0.1) is 0 Å². The van der Waals surface area contributed by atoms with Crippen LogP contribution in [0.25, 0.3) is 6.08 Å². The molecule has 0 bridgehead atoms. The molecule has 0 radical (unpaired) electrons. The maximum atomic E-state index is 12.5. The monoisotopic (exact) mass is 304 g/mol. The summed E-state index contributed by atoms with van der Waals surface area (Å²) in [5.74, 6) is -0.155. The molecule has 0 aliphatic heterocycles. The molecule has 0 amide bonds. The molecular weight excluding hydrogens is 290 g/mol. The number of hydrogen-bond donors (Lipinski definition) is 0. The molecule has 0 aliphatic carbocycles. The Hall–Kier alpha value is -2.69. The first-order valence-corrected chi connectivity index (χ1v) is 6.51. The first-order chi connectivity index (χ1) is 10.6. The lowest BCUT2D eigenvalue weighted by atomic mass is 10.1. The van der Waals surface area contributed by atoms with Gasteiger partial charge in [0.2, 0.25) is 0 Å². The number of ketones is 1. The second-order valence-corrected chi connectivity index (χ2v) is 4.32. The number of methoxy groups -OCH3 is 1. The minimum Gasteiger partial charge on any atom is -0.493 e. The summed E-state index contributed by atoms with van der Waals surface area (Å²) >= 11 is 0. The van der Waals surface area contributed by atoms with Gasteiger partial charge in [0.15, 0.2) is 17.3 Å². The number of alkyl halides is 2. The lowest BCUT2D eigenvalue weighted by molar-refractivity contribution is -0.0513. The smallest absolute Gasteiger partial charge is 0.387 e. The quantitative estimate of drug-likeness (QED) is 0.593. The van der Waals surface area contributed by atoms with Gasteiger partial charge in [-0.15, -0.1) is 0 Å². The first kappa shape index (κ1) is 15.7. The molecule has 0 aliphatic rings. The molecule has 0 saturated heterocycles. The molecule has 114 valence electrons. The van der Waals surface area contributed by atoms with Crippen LogP contribution in [0.5, 0.6) is 11.5 Å². The van der Waals surface area contributed by atoms with E-state index in [1.54, 1.807) is 42.5 Å². The number of rotatable bonds is 6. The third-order valence-corrected chi connectivity index (χ3v) is 2.91. The number of ether oxygens (including phenoxy) is 2. The van der Waals surface area contributed by atoms with E-state index in [1.165, 1.54) is 25.3 Å². The summed E-state index contributed by atoms with van der Waals surface area (Å²) in [6, 6.07) is 13.4. The summed E-state index contributed by atoms with van der Waals surface area (Å²) < 4.78 is 34.5. The SMILES string of the molecule is COc1cccc(C=CC(=O)c2ccccc2)c1OC(F)F. The largest absolute Gasteiger partial charge is 0.493 e. The van der Waals surface area contributed by atoms with Crippen molar-refractivity contribution in [3.05, 3.63) is 65.7 Å². The predicted molar refractivity (Wildman–Crippen MR) is 79.4 cm³/mol. The van der Waals surface area contributed by atoms with E-state index < -0.39 is 6.61 Å². The first-order valence-electron chi connectivity index (χ1n) is 6.51. The van der Waals surface area contributed by atoms with E-state index >= 15 is 0 Å². The highest BCUT2D eigenvalue weighted by Gasteiger charge is 2.14. The minimum atomic E-state index is -2.98. The zero-order chi connectivity index (χ0) is 15.9. The van der Waals surface area contributed by atoms with Gasteiger partial charge in [-0.1, -0.05) is 42.5 Å². The van der Waals surface area contributed by atoms with E-state index in [1.807, 2.05) is 0 Å². The van der Waals surface area contributed by atoms with Crippen LogP contribution < -0.4 is 9.47 Å². The van der Waals surface area contributed by atoms with E-state index in [0.29, 0.717) is 11.1 Å². The Labute approximate surface area is 126 Å². The standard InChI is InChI=1S/C17H14F2O3/c1-21-15-9-5-8-13(16(15)22-17(18)19)10-11-14(20)12-6-3-2-4-7-12/h2-11,17H,1H3. The van der Waals surface area contributed by atoms with E-state index in [2.05, 4.69) is 4.74 Å². The van der Waals surface area contributed by atoms with Crippen LogP contribution in [0.2, 0.25) is 0 Å². The van der Waals surface area contributed by atoms with Gasteiger partial charge in [-0.2, -0.15) is 8.78 Å². The van der Waals surface area contributed by atoms with Gasteiger partial charge in [-0.3, -0.25) is 4.79 Å². The zero-order valence-electron chi connectivity index (χ0n) is 11.8. The van der Waals surface area contributed by atoms with Crippen LogP contribution in [-0.4, -0.2) is 19.5 Å². The minimum absolute atomic E-state index is 0.0999. The van der Waals surface area contributed by atoms with Gasteiger partial charge in [0.1, 0.15) is 0 Å². The average molecular weight is 304 g/mol. The fraction of sp³-hybridized carbons (Fsp3) is 0.118. The van der Waals surface area contributed by atoms with Crippen LogP contribution in [0.3, 0.4) is 0 Å². The molecule has 0 N–H and O–H groups in total. The van der Waals surface area contributed by atoms with E-state index in [0.717, 1.165) is 0 Å². The zero-order valence-corrected chi connectivity index (χ0v) is 11.8. The summed E-state index contributed by atoms with van der Waals surface area (Å²) in [4.78, 5) is 12.0. The maximum absolute atomic E-state index is 12.5. The molecule has 2 aromatic rings. The van der Waals surface area contributed by atoms with Crippen molar-refractivity contribution in [1.82, 2.24) is 0 Å². The molecule has 0 aromatic heterocycles. The van der Waals surface area contributed by atoms with E-state index in [4.69, 9.17) is 4.74 Å². The Bertz CT molecular complexity index is 667.